The summed E-state index contributed by atoms with van der Waals surface area (Å²) in [6.45, 7) is 3.72. The van der Waals surface area contributed by atoms with E-state index in [0.717, 1.165) is 44.1 Å². The molecule has 0 bridgehead atoms. The SMILES string of the molecule is CN=C(NCCCOCC1CCCO1)NCC1CC(=O)Nc2ccccc21. The summed E-state index contributed by atoms with van der Waals surface area (Å²) >= 11 is 0. The molecule has 1 saturated heterocycles. The van der Waals surface area contributed by atoms with E-state index in [1.54, 1.807) is 7.05 Å². The molecule has 1 aromatic rings. The fourth-order valence-electron chi connectivity index (χ4n) is 3.50. The molecule has 0 spiro atoms. The van der Waals surface area contributed by atoms with Gasteiger partial charge in [0.2, 0.25) is 5.91 Å². The van der Waals surface area contributed by atoms with Gasteiger partial charge in [-0.15, -0.1) is 0 Å². The number of rotatable bonds is 8. The first-order valence-electron chi connectivity index (χ1n) is 9.79. The van der Waals surface area contributed by atoms with Crippen LogP contribution in [-0.4, -0.2) is 57.9 Å². The molecule has 148 valence electrons. The minimum atomic E-state index is 0.0619. The zero-order valence-electron chi connectivity index (χ0n) is 16.0. The van der Waals surface area contributed by atoms with Gasteiger partial charge < -0.3 is 25.4 Å². The third-order valence-electron chi connectivity index (χ3n) is 4.93. The van der Waals surface area contributed by atoms with Crippen molar-refractivity contribution in [3.8, 4) is 0 Å². The lowest BCUT2D eigenvalue weighted by molar-refractivity contribution is -0.116. The monoisotopic (exact) mass is 374 g/mol. The second kappa shape index (κ2) is 10.3. The van der Waals surface area contributed by atoms with Gasteiger partial charge in [0.05, 0.1) is 12.7 Å². The number of guanidine groups is 1. The molecule has 0 saturated carbocycles. The van der Waals surface area contributed by atoms with Crippen molar-refractivity contribution >= 4 is 17.6 Å². The van der Waals surface area contributed by atoms with E-state index in [0.29, 0.717) is 26.2 Å². The van der Waals surface area contributed by atoms with Gasteiger partial charge in [-0.05, 0) is 30.9 Å². The van der Waals surface area contributed by atoms with Crippen LogP contribution < -0.4 is 16.0 Å². The number of hydrogen-bond acceptors (Lipinski definition) is 4. The molecule has 2 atom stereocenters. The molecule has 7 nitrogen and oxygen atoms in total. The standard InChI is InChI=1S/C20H30N4O3/c1-21-20(22-9-5-10-26-14-16-6-4-11-27-16)23-13-15-12-19(25)24-18-8-3-2-7-17(15)18/h2-3,7-8,15-16H,4-6,9-14H2,1H3,(H,24,25)(H2,21,22,23). The minimum absolute atomic E-state index is 0.0619. The number of carbonyl (C=O) groups excluding carboxylic acids is 1. The molecule has 1 fully saturated rings. The van der Waals surface area contributed by atoms with Gasteiger partial charge in [0.15, 0.2) is 5.96 Å². The van der Waals surface area contributed by atoms with Crippen LogP contribution in [0.25, 0.3) is 0 Å². The van der Waals surface area contributed by atoms with Crippen LogP contribution in [0.15, 0.2) is 29.3 Å². The molecule has 3 N–H and O–H groups in total. The highest BCUT2D eigenvalue weighted by Gasteiger charge is 2.24. The minimum Gasteiger partial charge on any atom is -0.379 e. The Morgan fingerprint density at radius 1 is 1.37 bits per heavy atom. The summed E-state index contributed by atoms with van der Waals surface area (Å²) in [5.74, 6) is 0.952. The third kappa shape index (κ3) is 5.94. The quantitative estimate of drug-likeness (QED) is 0.367. The Kier molecular flexibility index (Phi) is 7.47. The molecule has 0 radical (unpaired) electrons. The number of nitrogens with zero attached hydrogens (tertiary/aromatic N) is 1. The first kappa shape index (κ1) is 19.6. The Labute approximate surface area is 160 Å². The van der Waals surface area contributed by atoms with E-state index in [9.17, 15) is 4.79 Å². The Bertz CT molecular complexity index is 644. The number of hydrogen-bond donors (Lipinski definition) is 3. The van der Waals surface area contributed by atoms with Crippen molar-refractivity contribution in [3.05, 3.63) is 29.8 Å². The summed E-state index contributed by atoms with van der Waals surface area (Å²) in [5.41, 5.74) is 2.08. The second-order valence-electron chi connectivity index (χ2n) is 6.98. The van der Waals surface area contributed by atoms with Crippen molar-refractivity contribution in [2.75, 3.05) is 45.3 Å². The maximum absolute atomic E-state index is 11.9. The Hall–Kier alpha value is -2.12. The normalized spacial score (nSPS) is 22.3. The van der Waals surface area contributed by atoms with E-state index in [1.807, 2.05) is 18.2 Å². The van der Waals surface area contributed by atoms with Crippen LogP contribution in [0, 0.1) is 0 Å². The largest absolute Gasteiger partial charge is 0.379 e. The maximum atomic E-state index is 11.9. The summed E-state index contributed by atoms with van der Waals surface area (Å²) in [7, 11) is 1.75. The number of para-hydroxylation sites is 1. The van der Waals surface area contributed by atoms with Crippen molar-refractivity contribution in [3.63, 3.8) is 0 Å². The van der Waals surface area contributed by atoms with Gasteiger partial charge in [-0.25, -0.2) is 0 Å². The molecule has 7 heteroatoms. The van der Waals surface area contributed by atoms with Gasteiger partial charge in [-0.2, -0.15) is 0 Å². The van der Waals surface area contributed by atoms with Crippen LogP contribution in [0.3, 0.4) is 0 Å². The maximum Gasteiger partial charge on any atom is 0.225 e. The summed E-state index contributed by atoms with van der Waals surface area (Å²) in [6.07, 6.45) is 3.92. The summed E-state index contributed by atoms with van der Waals surface area (Å²) in [5, 5.41) is 9.56. The second-order valence-corrected chi connectivity index (χ2v) is 6.98. The molecular weight excluding hydrogens is 344 g/mol. The summed E-state index contributed by atoms with van der Waals surface area (Å²) in [6, 6.07) is 7.97. The molecule has 1 aromatic carbocycles. The zero-order chi connectivity index (χ0) is 18.9. The number of anilines is 1. The van der Waals surface area contributed by atoms with Crippen molar-refractivity contribution in [2.24, 2.45) is 4.99 Å². The number of ether oxygens (including phenoxy) is 2. The van der Waals surface area contributed by atoms with Crippen LogP contribution in [-0.2, 0) is 14.3 Å². The lowest BCUT2D eigenvalue weighted by atomic mass is 9.90. The summed E-state index contributed by atoms with van der Waals surface area (Å²) in [4.78, 5) is 16.2. The Balaban J connectivity index is 1.35. The van der Waals surface area contributed by atoms with Gasteiger partial charge in [0.25, 0.3) is 0 Å². The number of amides is 1. The predicted octanol–water partition coefficient (Wildman–Crippen LogP) is 1.86. The highest BCUT2D eigenvalue weighted by atomic mass is 16.5. The van der Waals surface area contributed by atoms with E-state index >= 15 is 0 Å². The van der Waals surface area contributed by atoms with E-state index in [2.05, 4.69) is 27.0 Å². The van der Waals surface area contributed by atoms with E-state index in [-0.39, 0.29) is 17.9 Å². The molecular formula is C20H30N4O3. The highest BCUT2D eigenvalue weighted by Crippen LogP contribution is 2.31. The van der Waals surface area contributed by atoms with Crippen LogP contribution >= 0.6 is 0 Å². The van der Waals surface area contributed by atoms with E-state index in [1.165, 1.54) is 5.56 Å². The molecule has 27 heavy (non-hydrogen) atoms. The summed E-state index contributed by atoms with van der Waals surface area (Å²) < 4.78 is 11.2. The van der Waals surface area contributed by atoms with E-state index in [4.69, 9.17) is 9.47 Å². The number of fused-ring (bicyclic) bond motifs is 1. The highest BCUT2D eigenvalue weighted by molar-refractivity contribution is 5.94. The molecule has 0 aliphatic carbocycles. The molecule has 2 aliphatic rings. The Morgan fingerprint density at radius 2 is 2.26 bits per heavy atom. The average molecular weight is 374 g/mol. The predicted molar refractivity (Wildman–Crippen MR) is 106 cm³/mol. The van der Waals surface area contributed by atoms with Crippen molar-refractivity contribution in [1.29, 1.82) is 0 Å². The molecule has 3 rings (SSSR count). The molecule has 2 heterocycles. The number of benzene rings is 1. The van der Waals surface area contributed by atoms with Gasteiger partial charge >= 0.3 is 0 Å². The number of nitrogens with one attached hydrogen (secondary N) is 3. The fourth-order valence-corrected chi connectivity index (χ4v) is 3.50. The zero-order valence-corrected chi connectivity index (χ0v) is 16.0. The van der Waals surface area contributed by atoms with Gasteiger partial charge in [-0.1, -0.05) is 18.2 Å². The van der Waals surface area contributed by atoms with Crippen molar-refractivity contribution < 1.29 is 14.3 Å². The van der Waals surface area contributed by atoms with Crippen molar-refractivity contribution in [2.45, 2.75) is 37.7 Å². The van der Waals surface area contributed by atoms with Gasteiger partial charge in [-0.3, -0.25) is 9.79 Å². The number of aliphatic imine (C=N–C) groups is 1. The van der Waals surface area contributed by atoms with Crippen LogP contribution in [0.1, 0.15) is 37.2 Å². The lowest BCUT2D eigenvalue weighted by Crippen LogP contribution is -2.41. The van der Waals surface area contributed by atoms with Crippen LogP contribution in [0.2, 0.25) is 0 Å². The molecule has 2 aliphatic heterocycles. The van der Waals surface area contributed by atoms with Gasteiger partial charge in [0, 0.05) is 51.4 Å². The van der Waals surface area contributed by atoms with E-state index < -0.39 is 0 Å². The van der Waals surface area contributed by atoms with Crippen LogP contribution in [0.4, 0.5) is 5.69 Å². The molecule has 2 unspecified atom stereocenters. The average Bonchev–Trinajstić information content (AvgIpc) is 3.20. The Morgan fingerprint density at radius 3 is 3.07 bits per heavy atom. The molecule has 1 amide bonds. The lowest BCUT2D eigenvalue weighted by Gasteiger charge is -2.26. The first-order chi connectivity index (χ1) is 13.3. The number of carbonyl (C=O) groups is 1. The van der Waals surface area contributed by atoms with Gasteiger partial charge in [0.1, 0.15) is 0 Å². The fraction of sp³-hybridized carbons (Fsp3) is 0.600. The topological polar surface area (TPSA) is 84.0 Å². The smallest absolute Gasteiger partial charge is 0.225 e. The first-order valence-corrected chi connectivity index (χ1v) is 9.79. The van der Waals surface area contributed by atoms with Crippen molar-refractivity contribution in [1.82, 2.24) is 10.6 Å². The molecule has 0 aromatic heterocycles. The third-order valence-corrected chi connectivity index (χ3v) is 4.93. The van der Waals surface area contributed by atoms with Crippen LogP contribution in [0.5, 0.6) is 0 Å².